The van der Waals surface area contributed by atoms with Gasteiger partial charge in [0, 0.05) is 13.1 Å². The van der Waals surface area contributed by atoms with Crippen LogP contribution in [-0.2, 0) is 32.4 Å². The number of amides is 2. The van der Waals surface area contributed by atoms with Crippen LogP contribution in [0, 0.1) is 0 Å². The third-order valence-corrected chi connectivity index (χ3v) is 13.2. The molecule has 0 bridgehead atoms. The van der Waals surface area contributed by atoms with Crippen LogP contribution in [0.1, 0.15) is 29.2 Å². The number of benzene rings is 5. The van der Waals surface area contributed by atoms with Crippen molar-refractivity contribution in [2.75, 3.05) is 46.6 Å². The molecule has 0 radical (unpaired) electrons. The summed E-state index contributed by atoms with van der Waals surface area (Å²) in [5.74, 6) is 4.09. The van der Waals surface area contributed by atoms with E-state index in [4.69, 9.17) is 28.4 Å². The van der Waals surface area contributed by atoms with E-state index < -0.39 is 9.74 Å². The van der Waals surface area contributed by atoms with Gasteiger partial charge in [0.05, 0.1) is 57.7 Å². The van der Waals surface area contributed by atoms with Gasteiger partial charge in [0.15, 0.2) is 9.74 Å². The first-order valence-corrected chi connectivity index (χ1v) is 20.2. The van der Waals surface area contributed by atoms with Crippen LogP contribution >= 0.6 is 23.5 Å². The summed E-state index contributed by atoms with van der Waals surface area (Å²) in [5, 5.41) is 0. The molecule has 5 aromatic rings. The van der Waals surface area contributed by atoms with Gasteiger partial charge < -0.3 is 38.2 Å². The average Bonchev–Trinajstić information content (AvgIpc) is 3.74. The number of ether oxygens (including phenoxy) is 6. The standard InChI is InChI=1S/C44H44N2O8S2/c1-6-53-32-22-18-30(19-23-32)26-45-39(47)28-55-43(45,41-35(49-2)14-10-15-36(41)50-3)44(42-37(51-4)16-11-17-38(42)52-5)46(40(48)29-56-44)27-31-20-24-34(25-21-31)54-33-12-8-7-9-13-33/h7-25H,6,26-29H2,1-5H3. The van der Waals surface area contributed by atoms with Gasteiger partial charge in [0.25, 0.3) is 0 Å². The lowest BCUT2D eigenvalue weighted by Gasteiger charge is -2.54. The van der Waals surface area contributed by atoms with Crippen molar-refractivity contribution < 1.29 is 38.0 Å². The molecule has 2 saturated heterocycles. The van der Waals surface area contributed by atoms with Crippen LogP contribution in [0.15, 0.2) is 115 Å². The fraction of sp³-hybridized carbons (Fsp3) is 0.273. The van der Waals surface area contributed by atoms with Gasteiger partial charge >= 0.3 is 0 Å². The zero-order chi connectivity index (χ0) is 39.3. The normalized spacial score (nSPS) is 19.2. The van der Waals surface area contributed by atoms with Crippen LogP contribution < -0.4 is 28.4 Å². The van der Waals surface area contributed by atoms with E-state index in [-0.39, 0.29) is 36.4 Å². The average molecular weight is 793 g/mol. The minimum atomic E-state index is -1.38. The molecule has 2 amide bonds. The summed E-state index contributed by atoms with van der Waals surface area (Å²) < 4.78 is 36.5. The Bertz CT molecular complexity index is 2120. The number of carbonyl (C=O) groups is 2. The van der Waals surface area contributed by atoms with Crippen LogP contribution in [0.5, 0.6) is 40.2 Å². The molecule has 2 aliphatic heterocycles. The molecule has 2 fully saturated rings. The van der Waals surface area contributed by atoms with Crippen molar-refractivity contribution in [3.63, 3.8) is 0 Å². The molecule has 0 aliphatic carbocycles. The molecule has 2 aliphatic rings. The van der Waals surface area contributed by atoms with E-state index in [1.165, 1.54) is 23.5 Å². The van der Waals surface area contributed by atoms with E-state index in [2.05, 4.69) is 0 Å². The summed E-state index contributed by atoms with van der Waals surface area (Å²) in [6, 6.07) is 36.2. The minimum Gasteiger partial charge on any atom is -0.496 e. The fourth-order valence-corrected chi connectivity index (χ4v) is 11.1. The zero-order valence-electron chi connectivity index (χ0n) is 32.0. The van der Waals surface area contributed by atoms with Crippen LogP contribution in [0.3, 0.4) is 0 Å². The van der Waals surface area contributed by atoms with Crippen molar-refractivity contribution >= 4 is 35.3 Å². The Balaban J connectivity index is 1.49. The number of nitrogens with zero attached hydrogens (tertiary/aromatic N) is 2. The van der Waals surface area contributed by atoms with Crippen molar-refractivity contribution in [1.29, 1.82) is 0 Å². The van der Waals surface area contributed by atoms with Crippen LogP contribution in [0.25, 0.3) is 0 Å². The van der Waals surface area contributed by atoms with Gasteiger partial charge in [0.1, 0.15) is 40.2 Å². The summed E-state index contributed by atoms with van der Waals surface area (Å²) in [4.78, 5) is 30.5. The summed E-state index contributed by atoms with van der Waals surface area (Å²) in [7, 11) is 6.41. The number of thioether (sulfide) groups is 2. The number of hydrogen-bond donors (Lipinski definition) is 0. The van der Waals surface area contributed by atoms with Crippen molar-refractivity contribution in [3.05, 3.63) is 138 Å². The van der Waals surface area contributed by atoms with Crippen molar-refractivity contribution in [3.8, 4) is 40.2 Å². The molecule has 12 heteroatoms. The van der Waals surface area contributed by atoms with Gasteiger partial charge in [-0.3, -0.25) is 9.59 Å². The highest BCUT2D eigenvalue weighted by atomic mass is 32.2. The predicted octanol–water partition coefficient (Wildman–Crippen LogP) is 8.47. The Labute approximate surface area is 336 Å². The van der Waals surface area contributed by atoms with E-state index in [0.717, 1.165) is 22.6 Å². The number of methoxy groups -OCH3 is 4. The van der Waals surface area contributed by atoms with Gasteiger partial charge in [-0.05, 0) is 78.7 Å². The monoisotopic (exact) mass is 792 g/mol. The highest BCUT2D eigenvalue weighted by Crippen LogP contribution is 2.70. The quantitative estimate of drug-likeness (QED) is 0.103. The molecule has 2 heterocycles. The molecule has 0 aromatic heterocycles. The summed E-state index contributed by atoms with van der Waals surface area (Å²) in [5.41, 5.74) is 2.95. The SMILES string of the molecule is CCOc1ccc(CN2C(=O)CSC2(c2c(OC)cccc2OC)C2(c3c(OC)cccc3OC)SCC(=O)N2Cc2ccc(Oc3ccccc3)cc2)cc1. The summed E-state index contributed by atoms with van der Waals surface area (Å²) in [6.45, 7) is 2.86. The van der Waals surface area contributed by atoms with Gasteiger partial charge in [-0.2, -0.15) is 0 Å². The highest BCUT2D eigenvalue weighted by molar-refractivity contribution is 8.05. The minimum absolute atomic E-state index is 0.112. The Morgan fingerprint density at radius 2 is 0.911 bits per heavy atom. The van der Waals surface area contributed by atoms with E-state index in [1.54, 1.807) is 28.4 Å². The lowest BCUT2D eigenvalue weighted by Crippen LogP contribution is -2.61. The number of hydrogen-bond acceptors (Lipinski definition) is 10. The first-order chi connectivity index (χ1) is 27.3. The second kappa shape index (κ2) is 16.7. The summed E-state index contributed by atoms with van der Waals surface area (Å²) in [6.07, 6.45) is 0. The van der Waals surface area contributed by atoms with E-state index >= 15 is 0 Å². The molecule has 0 saturated carbocycles. The van der Waals surface area contributed by atoms with Crippen LogP contribution in [-0.4, -0.2) is 68.2 Å². The fourth-order valence-electron chi connectivity index (χ4n) is 7.59. The van der Waals surface area contributed by atoms with Gasteiger partial charge in [-0.1, -0.05) is 54.6 Å². The molecule has 56 heavy (non-hydrogen) atoms. The zero-order valence-corrected chi connectivity index (χ0v) is 33.6. The highest BCUT2D eigenvalue weighted by Gasteiger charge is 2.71. The molecule has 7 rings (SSSR count). The molecular formula is C44H44N2O8S2. The van der Waals surface area contributed by atoms with Crippen molar-refractivity contribution in [1.82, 2.24) is 9.80 Å². The maximum atomic E-state index is 14.8. The van der Waals surface area contributed by atoms with Crippen molar-refractivity contribution in [2.24, 2.45) is 0 Å². The topological polar surface area (TPSA) is 96.0 Å². The number of rotatable bonds is 15. The van der Waals surface area contributed by atoms with Gasteiger partial charge in [-0.25, -0.2) is 0 Å². The molecule has 0 N–H and O–H groups in total. The first-order valence-electron chi connectivity index (χ1n) is 18.2. The van der Waals surface area contributed by atoms with Crippen LogP contribution in [0.2, 0.25) is 0 Å². The number of carbonyl (C=O) groups excluding carboxylic acids is 2. The lowest BCUT2D eigenvalue weighted by atomic mass is 9.85. The number of para-hydroxylation sites is 1. The maximum absolute atomic E-state index is 14.8. The molecule has 290 valence electrons. The Kier molecular flexibility index (Phi) is 11.6. The second-order valence-electron chi connectivity index (χ2n) is 13.0. The third-order valence-electron chi connectivity index (χ3n) is 9.98. The van der Waals surface area contributed by atoms with E-state index in [0.29, 0.717) is 46.5 Å². The van der Waals surface area contributed by atoms with Crippen molar-refractivity contribution in [2.45, 2.75) is 29.8 Å². The van der Waals surface area contributed by atoms with E-state index in [9.17, 15) is 9.59 Å². The van der Waals surface area contributed by atoms with Gasteiger partial charge in [-0.15, -0.1) is 23.5 Å². The van der Waals surface area contributed by atoms with Crippen LogP contribution in [0.4, 0.5) is 0 Å². The molecule has 5 aromatic carbocycles. The Morgan fingerprint density at radius 3 is 1.30 bits per heavy atom. The van der Waals surface area contributed by atoms with Gasteiger partial charge in [0.2, 0.25) is 11.8 Å². The maximum Gasteiger partial charge on any atom is 0.234 e. The molecule has 10 nitrogen and oxygen atoms in total. The lowest BCUT2D eigenvalue weighted by molar-refractivity contribution is -0.141. The summed E-state index contributed by atoms with van der Waals surface area (Å²) >= 11 is 2.89. The molecule has 0 spiro atoms. The largest absolute Gasteiger partial charge is 0.496 e. The second-order valence-corrected chi connectivity index (χ2v) is 15.4. The molecular weight excluding hydrogens is 749 g/mol. The Hall–Kier alpha value is -5.46. The van der Waals surface area contributed by atoms with E-state index in [1.807, 2.05) is 132 Å². The molecule has 2 atom stereocenters. The Morgan fingerprint density at radius 1 is 0.518 bits per heavy atom. The smallest absolute Gasteiger partial charge is 0.234 e. The molecule has 2 unspecified atom stereocenters. The third kappa shape index (κ3) is 6.85. The first kappa shape index (κ1) is 38.8. The predicted molar refractivity (Wildman–Crippen MR) is 219 cm³/mol.